The number of nitrogens with zero attached hydrogens (tertiary/aromatic N) is 2. The first kappa shape index (κ1) is 24.1. The maximum Gasteiger partial charge on any atom is 0.294 e. The minimum Gasteiger partial charge on any atom is -0.508 e. The minimum atomic E-state index is -0.508. The number of hydrogen-bond donors (Lipinski definition) is 7. The summed E-state index contributed by atoms with van der Waals surface area (Å²) in [6.07, 6.45) is 1.44. The molecular weight excluding hydrogens is 438 g/mol. The van der Waals surface area contributed by atoms with Gasteiger partial charge in [-0.05, 0) is 43.7 Å². The van der Waals surface area contributed by atoms with Crippen molar-refractivity contribution in [2.24, 2.45) is 5.73 Å². The number of anilines is 2. The fourth-order valence-corrected chi connectivity index (χ4v) is 3.35. The van der Waals surface area contributed by atoms with E-state index in [1.54, 1.807) is 12.1 Å². The number of nitrogen functional groups attached to an aromatic ring is 2. The molecule has 1 aromatic heterocycles. The molecule has 178 valence electrons. The van der Waals surface area contributed by atoms with Gasteiger partial charge in [0, 0.05) is 29.9 Å². The van der Waals surface area contributed by atoms with E-state index in [0.29, 0.717) is 16.8 Å². The largest absolute Gasteiger partial charge is 0.508 e. The number of hydrogen-bond acceptors (Lipinski definition) is 8. The van der Waals surface area contributed by atoms with Gasteiger partial charge in [-0.2, -0.15) is 0 Å². The van der Waals surface area contributed by atoms with Gasteiger partial charge in [-0.3, -0.25) is 19.6 Å². The van der Waals surface area contributed by atoms with Crippen LogP contribution >= 0.6 is 0 Å². The topological polar surface area (TPSA) is 192 Å². The third kappa shape index (κ3) is 5.63. The highest BCUT2D eigenvalue weighted by atomic mass is 16.3. The molecule has 11 nitrogen and oxygen atoms in total. The molecule has 2 aromatic carbocycles. The second-order valence-electron chi connectivity index (χ2n) is 8.04. The van der Waals surface area contributed by atoms with Crippen molar-refractivity contribution in [2.45, 2.75) is 33.0 Å². The molecule has 0 aliphatic heterocycles. The van der Waals surface area contributed by atoms with Crippen LogP contribution in [0.4, 0.5) is 11.5 Å². The Bertz CT molecular complexity index is 1280. The molecule has 0 fully saturated rings. The summed E-state index contributed by atoms with van der Waals surface area (Å²) in [5, 5.41) is 33.0. The van der Waals surface area contributed by atoms with Gasteiger partial charge < -0.3 is 32.3 Å². The van der Waals surface area contributed by atoms with Crippen LogP contribution in [-0.2, 0) is 17.9 Å². The molecule has 0 spiro atoms. The third-order valence-electron chi connectivity index (χ3n) is 4.86. The van der Waals surface area contributed by atoms with Crippen molar-refractivity contribution in [3.8, 4) is 22.8 Å². The van der Waals surface area contributed by atoms with Crippen LogP contribution in [0.5, 0.6) is 11.5 Å². The first-order chi connectivity index (χ1) is 16.0. The van der Waals surface area contributed by atoms with E-state index in [-0.39, 0.29) is 53.5 Å². The molecule has 11 heteroatoms. The molecule has 3 rings (SSSR count). The zero-order valence-electron chi connectivity index (χ0n) is 18.8. The zero-order chi connectivity index (χ0) is 25.0. The quantitative estimate of drug-likeness (QED) is 0.147. The number of phenolic OH excluding ortho intramolecular Hbond substituents is 2. The van der Waals surface area contributed by atoms with Gasteiger partial charge in [0.25, 0.3) is 5.56 Å². The van der Waals surface area contributed by atoms with Gasteiger partial charge in [0.1, 0.15) is 23.9 Å². The number of phenols is 2. The molecule has 1 amide bonds. The van der Waals surface area contributed by atoms with E-state index in [4.69, 9.17) is 16.9 Å². The number of nitrogens with one attached hydrogen (secondary N) is 3. The molecule has 3 aromatic rings. The molecule has 9 N–H and O–H groups in total. The highest BCUT2D eigenvalue weighted by Crippen LogP contribution is 2.26. The van der Waals surface area contributed by atoms with Crippen LogP contribution in [0.2, 0.25) is 0 Å². The summed E-state index contributed by atoms with van der Waals surface area (Å²) in [7, 11) is 0. The van der Waals surface area contributed by atoms with Crippen molar-refractivity contribution < 1.29 is 15.0 Å². The molecule has 0 aliphatic carbocycles. The standard InChI is InChI=1S/C23H27N7O4/c1-12(2)29-22-23(34)30(18(10-28-22)14-6-15(24)8-16(31)7-14)11-20(33)27-9-13-3-4-17(21(25)26)19(32)5-13/h3-8,10,12,31-32H,9,11,24H2,1-2H3,(H3,25,26)(H,27,33)(H,28,29). The third-order valence-corrected chi connectivity index (χ3v) is 4.86. The number of nitrogens with two attached hydrogens (primary N) is 2. The van der Waals surface area contributed by atoms with Crippen LogP contribution in [0.15, 0.2) is 47.4 Å². The summed E-state index contributed by atoms with van der Waals surface area (Å²) >= 11 is 0. The number of amidine groups is 1. The van der Waals surface area contributed by atoms with E-state index in [0.717, 1.165) is 0 Å². The van der Waals surface area contributed by atoms with Gasteiger partial charge >= 0.3 is 0 Å². The van der Waals surface area contributed by atoms with E-state index < -0.39 is 11.5 Å². The molecule has 34 heavy (non-hydrogen) atoms. The van der Waals surface area contributed by atoms with Gasteiger partial charge in [0.15, 0.2) is 5.82 Å². The van der Waals surface area contributed by atoms with E-state index in [1.165, 1.54) is 35.0 Å². The second kappa shape index (κ2) is 9.94. The highest BCUT2D eigenvalue weighted by Gasteiger charge is 2.16. The lowest BCUT2D eigenvalue weighted by molar-refractivity contribution is -0.121. The molecule has 0 unspecified atom stereocenters. The average Bonchev–Trinajstić information content (AvgIpc) is 2.74. The summed E-state index contributed by atoms with van der Waals surface area (Å²) in [6, 6.07) is 8.82. The monoisotopic (exact) mass is 465 g/mol. The zero-order valence-corrected chi connectivity index (χ0v) is 18.8. The number of aromatic nitrogens is 2. The lowest BCUT2D eigenvalue weighted by atomic mass is 10.1. The Balaban J connectivity index is 1.89. The maximum absolute atomic E-state index is 13.1. The summed E-state index contributed by atoms with van der Waals surface area (Å²) in [5.74, 6) is -0.900. The van der Waals surface area contributed by atoms with Crippen LogP contribution in [-0.4, -0.2) is 37.5 Å². The summed E-state index contributed by atoms with van der Waals surface area (Å²) in [5.41, 5.74) is 12.5. The second-order valence-corrected chi connectivity index (χ2v) is 8.04. The van der Waals surface area contributed by atoms with Crippen molar-refractivity contribution in [3.63, 3.8) is 0 Å². The first-order valence-electron chi connectivity index (χ1n) is 10.4. The van der Waals surface area contributed by atoms with Gasteiger partial charge in [-0.15, -0.1) is 0 Å². The average molecular weight is 466 g/mol. The number of rotatable bonds is 8. The fraction of sp³-hybridized carbons (Fsp3) is 0.217. The Hall–Kier alpha value is -4.54. The predicted octanol–water partition coefficient (Wildman–Crippen LogP) is 1.32. The van der Waals surface area contributed by atoms with Gasteiger partial charge in [-0.1, -0.05) is 6.07 Å². The Morgan fingerprint density at radius 2 is 1.94 bits per heavy atom. The molecule has 0 saturated heterocycles. The normalized spacial score (nSPS) is 10.8. The van der Waals surface area contributed by atoms with E-state index >= 15 is 0 Å². The molecule has 1 heterocycles. The predicted molar refractivity (Wildman–Crippen MR) is 130 cm³/mol. The Morgan fingerprint density at radius 1 is 1.21 bits per heavy atom. The number of amides is 1. The summed E-state index contributed by atoms with van der Waals surface area (Å²) < 4.78 is 1.25. The number of carbonyl (C=O) groups excluding carboxylic acids is 1. The summed E-state index contributed by atoms with van der Waals surface area (Å²) in [4.78, 5) is 30.1. The Kier molecular flexibility index (Phi) is 7.05. The number of benzene rings is 2. The van der Waals surface area contributed by atoms with Gasteiger partial charge in [-0.25, -0.2) is 4.98 Å². The van der Waals surface area contributed by atoms with E-state index in [2.05, 4.69) is 15.6 Å². The van der Waals surface area contributed by atoms with Gasteiger partial charge in [0.2, 0.25) is 5.91 Å². The number of aromatic hydroxyl groups is 2. The number of carbonyl (C=O) groups is 1. The minimum absolute atomic E-state index is 0.0598. The molecule has 0 saturated carbocycles. The molecular formula is C23H27N7O4. The highest BCUT2D eigenvalue weighted by molar-refractivity contribution is 5.97. The van der Waals surface area contributed by atoms with Crippen LogP contribution < -0.4 is 27.7 Å². The van der Waals surface area contributed by atoms with Crippen LogP contribution in [0.1, 0.15) is 25.0 Å². The lowest BCUT2D eigenvalue weighted by Crippen LogP contribution is -2.35. The van der Waals surface area contributed by atoms with Crippen molar-refractivity contribution >= 4 is 23.2 Å². The van der Waals surface area contributed by atoms with Gasteiger partial charge in [0.05, 0.1) is 17.5 Å². The molecule has 0 radical (unpaired) electrons. The molecule has 0 aliphatic rings. The lowest BCUT2D eigenvalue weighted by Gasteiger charge is -2.16. The fourth-order valence-electron chi connectivity index (χ4n) is 3.35. The smallest absolute Gasteiger partial charge is 0.294 e. The van der Waals surface area contributed by atoms with Crippen molar-refractivity contribution in [2.75, 3.05) is 11.1 Å². The van der Waals surface area contributed by atoms with Crippen LogP contribution in [0, 0.1) is 5.41 Å². The Labute approximate surface area is 195 Å². The van der Waals surface area contributed by atoms with E-state index in [9.17, 15) is 19.8 Å². The van der Waals surface area contributed by atoms with Crippen molar-refractivity contribution in [3.05, 3.63) is 64.1 Å². The van der Waals surface area contributed by atoms with Crippen LogP contribution in [0.3, 0.4) is 0 Å². The van der Waals surface area contributed by atoms with Crippen molar-refractivity contribution in [1.82, 2.24) is 14.9 Å². The van der Waals surface area contributed by atoms with E-state index in [1.807, 2.05) is 13.8 Å². The SMILES string of the molecule is CC(C)Nc1ncc(-c2cc(N)cc(O)c2)n(CC(=O)NCc2ccc(C(=N)N)c(O)c2)c1=O. The first-order valence-corrected chi connectivity index (χ1v) is 10.4. The summed E-state index contributed by atoms with van der Waals surface area (Å²) in [6.45, 7) is 3.47. The molecule has 0 atom stereocenters. The Morgan fingerprint density at radius 3 is 2.56 bits per heavy atom. The maximum atomic E-state index is 13.1. The van der Waals surface area contributed by atoms with Crippen molar-refractivity contribution in [1.29, 1.82) is 5.41 Å². The van der Waals surface area contributed by atoms with Crippen LogP contribution in [0.25, 0.3) is 11.3 Å². The molecule has 0 bridgehead atoms.